The summed E-state index contributed by atoms with van der Waals surface area (Å²) >= 11 is 5.96. The summed E-state index contributed by atoms with van der Waals surface area (Å²) in [5.41, 5.74) is 2.25. The van der Waals surface area contributed by atoms with Gasteiger partial charge in [-0.15, -0.1) is 0 Å². The first kappa shape index (κ1) is 17.5. The lowest BCUT2D eigenvalue weighted by Crippen LogP contribution is -2.87. The van der Waals surface area contributed by atoms with Crippen molar-refractivity contribution in [2.75, 3.05) is 6.54 Å². The van der Waals surface area contributed by atoms with E-state index in [9.17, 15) is 4.79 Å². The maximum absolute atomic E-state index is 12.1. The molecule has 0 fully saturated rings. The standard InChI is InChI=1S/C21H21ClN2O/c1-15(19-11-5-8-17-7-2-3-10-20(17)19)23-14-21(25)24-13-16-6-4-9-18(22)12-16/h2-12,15,23H,13-14H2,1H3,(H,24,25)/p+1/t15-/m0/s1. The number of nitrogens with two attached hydrogens (primary N) is 1. The second kappa shape index (κ2) is 8.15. The largest absolute Gasteiger partial charge is 0.347 e. The van der Waals surface area contributed by atoms with Gasteiger partial charge in [0, 0.05) is 17.1 Å². The smallest absolute Gasteiger partial charge is 0.275 e. The lowest BCUT2D eigenvalue weighted by molar-refractivity contribution is -0.682. The van der Waals surface area contributed by atoms with E-state index < -0.39 is 0 Å². The summed E-state index contributed by atoms with van der Waals surface area (Å²) in [7, 11) is 0. The Labute approximate surface area is 153 Å². The minimum atomic E-state index is 0.0204. The van der Waals surface area contributed by atoms with E-state index in [2.05, 4.69) is 54.0 Å². The van der Waals surface area contributed by atoms with Gasteiger partial charge in [0.05, 0.1) is 0 Å². The Hall–Kier alpha value is -2.36. The molecule has 0 radical (unpaired) electrons. The quantitative estimate of drug-likeness (QED) is 0.700. The van der Waals surface area contributed by atoms with Gasteiger partial charge in [0.25, 0.3) is 5.91 Å². The summed E-state index contributed by atoms with van der Waals surface area (Å²) < 4.78 is 0. The fourth-order valence-electron chi connectivity index (χ4n) is 2.98. The molecule has 0 saturated carbocycles. The average Bonchev–Trinajstić information content (AvgIpc) is 2.64. The Kier molecular flexibility index (Phi) is 5.69. The molecule has 3 nitrogen and oxygen atoms in total. The Morgan fingerprint density at radius 2 is 1.84 bits per heavy atom. The highest BCUT2D eigenvalue weighted by Crippen LogP contribution is 2.21. The Balaban J connectivity index is 1.56. The monoisotopic (exact) mass is 353 g/mol. The third kappa shape index (κ3) is 4.59. The summed E-state index contributed by atoms with van der Waals surface area (Å²) in [4.78, 5) is 12.1. The van der Waals surface area contributed by atoms with Gasteiger partial charge in [-0.25, -0.2) is 0 Å². The Morgan fingerprint density at radius 3 is 2.68 bits per heavy atom. The molecule has 0 unspecified atom stereocenters. The molecule has 3 aromatic rings. The van der Waals surface area contributed by atoms with Crippen molar-refractivity contribution in [3.63, 3.8) is 0 Å². The summed E-state index contributed by atoms with van der Waals surface area (Å²) in [5.74, 6) is 0.0204. The molecule has 3 aromatic carbocycles. The van der Waals surface area contributed by atoms with Gasteiger partial charge in [-0.3, -0.25) is 4.79 Å². The summed E-state index contributed by atoms with van der Waals surface area (Å²) in [6.45, 7) is 3.02. The predicted molar refractivity (Wildman–Crippen MR) is 102 cm³/mol. The number of benzene rings is 3. The Morgan fingerprint density at radius 1 is 1.08 bits per heavy atom. The molecule has 25 heavy (non-hydrogen) atoms. The van der Waals surface area contributed by atoms with Crippen molar-refractivity contribution in [1.82, 2.24) is 5.32 Å². The van der Waals surface area contributed by atoms with Gasteiger partial charge in [0.2, 0.25) is 0 Å². The number of halogens is 1. The number of carbonyl (C=O) groups is 1. The van der Waals surface area contributed by atoms with Crippen LogP contribution in [0.1, 0.15) is 24.1 Å². The molecule has 0 aliphatic heterocycles. The first-order valence-corrected chi connectivity index (χ1v) is 8.83. The van der Waals surface area contributed by atoms with E-state index in [0.717, 1.165) is 5.56 Å². The fraction of sp³-hybridized carbons (Fsp3) is 0.190. The number of carbonyl (C=O) groups excluding carboxylic acids is 1. The SMILES string of the molecule is C[C@H]([NH2+]CC(=O)NCc1cccc(Cl)c1)c1cccc2ccccc12. The Bertz CT molecular complexity index is 873. The van der Waals surface area contributed by atoms with E-state index in [1.165, 1.54) is 16.3 Å². The van der Waals surface area contributed by atoms with Crippen molar-refractivity contribution >= 4 is 28.3 Å². The molecule has 0 aromatic heterocycles. The highest BCUT2D eigenvalue weighted by Gasteiger charge is 2.13. The van der Waals surface area contributed by atoms with Crippen LogP contribution in [-0.2, 0) is 11.3 Å². The second-order valence-corrected chi connectivity index (χ2v) is 6.64. The molecule has 0 bridgehead atoms. The lowest BCUT2D eigenvalue weighted by atomic mass is 10.00. The molecule has 1 atom stereocenters. The van der Waals surface area contributed by atoms with Crippen LogP contribution in [0.3, 0.4) is 0 Å². The van der Waals surface area contributed by atoms with Crippen LogP contribution in [0.25, 0.3) is 10.8 Å². The number of rotatable bonds is 6. The highest BCUT2D eigenvalue weighted by molar-refractivity contribution is 6.30. The zero-order valence-corrected chi connectivity index (χ0v) is 15.0. The zero-order valence-electron chi connectivity index (χ0n) is 14.2. The summed E-state index contributed by atoms with van der Waals surface area (Å²) in [6, 6.07) is 22.4. The summed E-state index contributed by atoms with van der Waals surface area (Å²) in [5, 5.41) is 8.16. The molecule has 3 N–H and O–H groups in total. The van der Waals surface area contributed by atoms with Crippen molar-refractivity contribution in [1.29, 1.82) is 0 Å². The van der Waals surface area contributed by atoms with E-state index in [-0.39, 0.29) is 11.9 Å². The van der Waals surface area contributed by atoms with Gasteiger partial charge >= 0.3 is 0 Å². The summed E-state index contributed by atoms with van der Waals surface area (Å²) in [6.07, 6.45) is 0. The van der Waals surface area contributed by atoms with E-state index in [1.54, 1.807) is 0 Å². The molecule has 0 aliphatic rings. The van der Waals surface area contributed by atoms with E-state index in [4.69, 9.17) is 11.6 Å². The number of hydrogen-bond donors (Lipinski definition) is 2. The van der Waals surface area contributed by atoms with Gasteiger partial charge in [-0.1, -0.05) is 66.2 Å². The van der Waals surface area contributed by atoms with Crippen LogP contribution in [0.5, 0.6) is 0 Å². The first-order chi connectivity index (χ1) is 12.1. The normalized spacial score (nSPS) is 12.1. The molecule has 128 valence electrons. The predicted octanol–water partition coefficient (Wildman–Crippen LogP) is 3.43. The van der Waals surface area contributed by atoms with Crippen molar-refractivity contribution < 1.29 is 10.1 Å². The van der Waals surface area contributed by atoms with Crippen LogP contribution < -0.4 is 10.6 Å². The molecule has 4 heteroatoms. The first-order valence-electron chi connectivity index (χ1n) is 8.45. The molecular formula is C21H22ClN2O+. The van der Waals surface area contributed by atoms with Crippen LogP contribution in [0.4, 0.5) is 0 Å². The number of amides is 1. The van der Waals surface area contributed by atoms with Crippen LogP contribution in [0.2, 0.25) is 5.02 Å². The van der Waals surface area contributed by atoms with Crippen molar-refractivity contribution in [3.8, 4) is 0 Å². The van der Waals surface area contributed by atoms with E-state index in [1.807, 2.05) is 30.3 Å². The third-order valence-electron chi connectivity index (χ3n) is 4.35. The molecule has 1 amide bonds. The molecule has 0 spiro atoms. The van der Waals surface area contributed by atoms with Gasteiger partial charge < -0.3 is 10.6 Å². The third-order valence-corrected chi connectivity index (χ3v) is 4.58. The highest BCUT2D eigenvalue weighted by atomic mass is 35.5. The molecule has 0 heterocycles. The van der Waals surface area contributed by atoms with Crippen molar-refractivity contribution in [2.24, 2.45) is 0 Å². The van der Waals surface area contributed by atoms with Crippen molar-refractivity contribution in [3.05, 3.63) is 82.9 Å². The van der Waals surface area contributed by atoms with Gasteiger partial charge in [0.15, 0.2) is 6.54 Å². The minimum absolute atomic E-state index is 0.0204. The zero-order chi connectivity index (χ0) is 17.6. The van der Waals surface area contributed by atoms with Crippen LogP contribution in [-0.4, -0.2) is 12.5 Å². The number of hydrogen-bond acceptors (Lipinski definition) is 1. The van der Waals surface area contributed by atoms with Gasteiger partial charge in [-0.05, 0) is 35.4 Å². The van der Waals surface area contributed by atoms with Crippen LogP contribution in [0, 0.1) is 0 Å². The molecule has 3 rings (SSSR count). The van der Waals surface area contributed by atoms with Gasteiger partial charge in [-0.2, -0.15) is 0 Å². The molecular weight excluding hydrogens is 332 g/mol. The fourth-order valence-corrected chi connectivity index (χ4v) is 3.19. The van der Waals surface area contributed by atoms with Crippen LogP contribution in [0.15, 0.2) is 66.7 Å². The van der Waals surface area contributed by atoms with Gasteiger partial charge in [0.1, 0.15) is 6.04 Å². The van der Waals surface area contributed by atoms with E-state index in [0.29, 0.717) is 18.1 Å². The van der Waals surface area contributed by atoms with E-state index >= 15 is 0 Å². The topological polar surface area (TPSA) is 45.7 Å². The minimum Gasteiger partial charge on any atom is -0.347 e. The maximum Gasteiger partial charge on any atom is 0.275 e. The average molecular weight is 354 g/mol. The lowest BCUT2D eigenvalue weighted by Gasteiger charge is -2.14. The van der Waals surface area contributed by atoms with Crippen molar-refractivity contribution in [2.45, 2.75) is 19.5 Å². The van der Waals surface area contributed by atoms with Crippen LogP contribution >= 0.6 is 11.6 Å². The number of nitrogens with one attached hydrogen (secondary N) is 1. The number of fused-ring (bicyclic) bond motifs is 1. The number of quaternary nitrogens is 1. The maximum atomic E-state index is 12.1. The molecule has 0 aliphatic carbocycles. The molecule has 0 saturated heterocycles. The second-order valence-electron chi connectivity index (χ2n) is 6.20.